The second kappa shape index (κ2) is 6.18. The number of rotatable bonds is 4. The molecule has 0 saturated heterocycles. The van der Waals surface area contributed by atoms with Gasteiger partial charge in [-0.05, 0) is 30.3 Å². The smallest absolute Gasteiger partial charge is 0.175 e. The topological polar surface area (TPSA) is 59.1 Å². The van der Waals surface area contributed by atoms with Crippen LogP contribution in [0.1, 0.15) is 5.56 Å². The molecule has 1 N–H and O–H groups in total. The number of fused-ring (bicyclic) bond motifs is 1. The van der Waals surface area contributed by atoms with Crippen molar-refractivity contribution in [2.45, 2.75) is 11.4 Å². The van der Waals surface area contributed by atoms with Gasteiger partial charge in [-0.2, -0.15) is 0 Å². The molecular formula is C17H15ClN2O2S. The predicted octanol–water partition coefficient (Wildman–Crippen LogP) is 3.90. The van der Waals surface area contributed by atoms with Crippen LogP contribution in [0.15, 0.2) is 59.5 Å². The number of anilines is 1. The zero-order chi connectivity index (χ0) is 16.4. The highest BCUT2D eigenvalue weighted by atomic mass is 35.5. The fraction of sp³-hybridized carbons (Fsp3) is 0.118. The average molecular weight is 347 g/mol. The Labute approximate surface area is 140 Å². The van der Waals surface area contributed by atoms with Crippen LogP contribution in [0.2, 0.25) is 5.15 Å². The number of sulfone groups is 1. The van der Waals surface area contributed by atoms with Gasteiger partial charge in [0.1, 0.15) is 5.15 Å². The van der Waals surface area contributed by atoms with Gasteiger partial charge in [0, 0.05) is 29.4 Å². The molecule has 0 radical (unpaired) electrons. The van der Waals surface area contributed by atoms with Gasteiger partial charge in [-0.3, -0.25) is 0 Å². The van der Waals surface area contributed by atoms with Crippen molar-refractivity contribution in [1.29, 1.82) is 0 Å². The largest absolute Gasteiger partial charge is 0.381 e. The molecule has 23 heavy (non-hydrogen) atoms. The third kappa shape index (κ3) is 3.63. The Morgan fingerprint density at radius 2 is 1.87 bits per heavy atom. The summed E-state index contributed by atoms with van der Waals surface area (Å²) in [6.45, 7) is 0.462. The molecule has 2 aromatic carbocycles. The normalized spacial score (nSPS) is 11.6. The van der Waals surface area contributed by atoms with E-state index < -0.39 is 9.84 Å². The third-order valence-corrected chi connectivity index (χ3v) is 4.93. The summed E-state index contributed by atoms with van der Waals surface area (Å²) in [6.07, 6.45) is 1.19. The van der Waals surface area contributed by atoms with Crippen molar-refractivity contribution in [2.75, 3.05) is 11.6 Å². The molecule has 6 heteroatoms. The summed E-state index contributed by atoms with van der Waals surface area (Å²) in [4.78, 5) is 4.66. The number of halogens is 1. The summed E-state index contributed by atoms with van der Waals surface area (Å²) >= 11 is 6.23. The Kier molecular flexibility index (Phi) is 4.24. The van der Waals surface area contributed by atoms with Gasteiger partial charge >= 0.3 is 0 Å². The Bertz CT molecular complexity index is 971. The van der Waals surface area contributed by atoms with Crippen molar-refractivity contribution in [3.63, 3.8) is 0 Å². The molecule has 0 unspecified atom stereocenters. The fourth-order valence-corrected chi connectivity index (χ4v) is 3.17. The van der Waals surface area contributed by atoms with Crippen LogP contribution >= 0.6 is 11.6 Å². The zero-order valence-electron chi connectivity index (χ0n) is 12.5. The molecule has 0 bridgehead atoms. The van der Waals surface area contributed by atoms with Crippen LogP contribution in [-0.2, 0) is 16.4 Å². The summed E-state index contributed by atoms with van der Waals surface area (Å²) in [6, 6.07) is 16.4. The summed E-state index contributed by atoms with van der Waals surface area (Å²) < 4.78 is 23.2. The molecule has 0 aliphatic heterocycles. The highest BCUT2D eigenvalue weighted by Crippen LogP contribution is 2.22. The number of nitrogens with zero attached hydrogens (tertiary/aromatic N) is 1. The first kappa shape index (κ1) is 15.8. The summed E-state index contributed by atoms with van der Waals surface area (Å²) in [5, 5.41) is 4.64. The second-order valence-electron chi connectivity index (χ2n) is 5.28. The SMILES string of the molecule is CS(=O)(=O)c1cccc(NCc2cc3ccccc3nc2Cl)c1. The number of hydrogen-bond acceptors (Lipinski definition) is 4. The molecule has 1 heterocycles. The number of pyridine rings is 1. The van der Waals surface area contributed by atoms with E-state index in [1.165, 1.54) is 6.26 Å². The fourth-order valence-electron chi connectivity index (χ4n) is 2.29. The van der Waals surface area contributed by atoms with E-state index in [2.05, 4.69) is 10.3 Å². The molecule has 3 rings (SSSR count). The van der Waals surface area contributed by atoms with Crippen LogP contribution in [-0.4, -0.2) is 19.7 Å². The maximum atomic E-state index is 11.6. The summed E-state index contributed by atoms with van der Waals surface area (Å²) in [7, 11) is -3.22. The van der Waals surface area contributed by atoms with Crippen molar-refractivity contribution in [3.05, 3.63) is 65.3 Å². The maximum absolute atomic E-state index is 11.6. The van der Waals surface area contributed by atoms with Crippen LogP contribution in [0.5, 0.6) is 0 Å². The molecule has 0 aliphatic rings. The molecule has 3 aromatic rings. The van der Waals surface area contributed by atoms with Gasteiger partial charge in [-0.15, -0.1) is 0 Å². The molecule has 0 fully saturated rings. The second-order valence-corrected chi connectivity index (χ2v) is 7.66. The van der Waals surface area contributed by atoms with Crippen LogP contribution in [0.3, 0.4) is 0 Å². The van der Waals surface area contributed by atoms with E-state index in [-0.39, 0.29) is 4.90 Å². The van der Waals surface area contributed by atoms with E-state index in [9.17, 15) is 8.42 Å². The van der Waals surface area contributed by atoms with Crippen molar-refractivity contribution in [3.8, 4) is 0 Å². The van der Waals surface area contributed by atoms with Gasteiger partial charge in [0.2, 0.25) is 0 Å². The lowest BCUT2D eigenvalue weighted by atomic mass is 10.1. The van der Waals surface area contributed by atoms with E-state index in [0.29, 0.717) is 11.7 Å². The van der Waals surface area contributed by atoms with Gasteiger partial charge in [0.15, 0.2) is 9.84 Å². The van der Waals surface area contributed by atoms with Crippen LogP contribution in [0, 0.1) is 0 Å². The average Bonchev–Trinajstić information content (AvgIpc) is 2.52. The standard InChI is InChI=1S/C17H15ClN2O2S/c1-23(21,22)15-7-4-6-14(10-15)19-11-13-9-12-5-2-3-8-16(12)20-17(13)18/h2-10,19H,11H2,1H3. The van der Waals surface area contributed by atoms with Crippen molar-refractivity contribution in [2.24, 2.45) is 0 Å². The summed E-state index contributed by atoms with van der Waals surface area (Å²) in [5.74, 6) is 0. The van der Waals surface area contributed by atoms with Crippen molar-refractivity contribution in [1.82, 2.24) is 4.98 Å². The van der Waals surface area contributed by atoms with Crippen LogP contribution < -0.4 is 5.32 Å². The van der Waals surface area contributed by atoms with Crippen LogP contribution in [0.4, 0.5) is 5.69 Å². The number of aromatic nitrogens is 1. The molecule has 0 saturated carbocycles. The van der Waals surface area contributed by atoms with Crippen molar-refractivity contribution >= 4 is 38.0 Å². The highest BCUT2D eigenvalue weighted by molar-refractivity contribution is 7.90. The van der Waals surface area contributed by atoms with E-state index >= 15 is 0 Å². The molecule has 0 amide bonds. The molecule has 0 atom stereocenters. The Balaban J connectivity index is 1.85. The van der Waals surface area contributed by atoms with Gasteiger partial charge in [-0.1, -0.05) is 35.9 Å². The van der Waals surface area contributed by atoms with E-state index in [1.807, 2.05) is 36.4 Å². The predicted molar refractivity (Wildman–Crippen MR) is 93.6 cm³/mol. The van der Waals surface area contributed by atoms with Crippen molar-refractivity contribution < 1.29 is 8.42 Å². The van der Waals surface area contributed by atoms with E-state index in [4.69, 9.17) is 11.6 Å². The number of hydrogen-bond donors (Lipinski definition) is 1. The van der Waals surface area contributed by atoms with Crippen LogP contribution in [0.25, 0.3) is 10.9 Å². The number of para-hydroxylation sites is 1. The monoisotopic (exact) mass is 346 g/mol. The lowest BCUT2D eigenvalue weighted by molar-refractivity contribution is 0.602. The zero-order valence-corrected chi connectivity index (χ0v) is 14.0. The minimum atomic E-state index is -3.22. The quantitative estimate of drug-likeness (QED) is 0.728. The maximum Gasteiger partial charge on any atom is 0.175 e. The van der Waals surface area contributed by atoms with Gasteiger partial charge in [0.05, 0.1) is 10.4 Å². The van der Waals surface area contributed by atoms with Gasteiger partial charge in [-0.25, -0.2) is 13.4 Å². The van der Waals surface area contributed by atoms with Gasteiger partial charge in [0.25, 0.3) is 0 Å². The molecule has 118 valence electrons. The minimum absolute atomic E-state index is 0.283. The van der Waals surface area contributed by atoms with E-state index in [1.54, 1.807) is 18.2 Å². The first-order valence-corrected chi connectivity index (χ1v) is 9.28. The van der Waals surface area contributed by atoms with E-state index in [0.717, 1.165) is 22.2 Å². The third-order valence-electron chi connectivity index (χ3n) is 3.50. The summed E-state index contributed by atoms with van der Waals surface area (Å²) in [5.41, 5.74) is 2.42. The molecule has 0 aliphatic carbocycles. The Hall–Kier alpha value is -2.11. The molecular weight excluding hydrogens is 332 g/mol. The minimum Gasteiger partial charge on any atom is -0.381 e. The number of nitrogens with one attached hydrogen (secondary N) is 1. The Morgan fingerprint density at radius 1 is 1.09 bits per heavy atom. The molecule has 0 spiro atoms. The highest BCUT2D eigenvalue weighted by Gasteiger charge is 2.08. The van der Waals surface area contributed by atoms with Gasteiger partial charge < -0.3 is 5.32 Å². The lowest BCUT2D eigenvalue weighted by Gasteiger charge is -2.10. The molecule has 4 nitrogen and oxygen atoms in total. The number of benzene rings is 2. The molecule has 1 aromatic heterocycles. The lowest BCUT2D eigenvalue weighted by Crippen LogP contribution is -2.03. The Morgan fingerprint density at radius 3 is 2.65 bits per heavy atom. The first-order chi connectivity index (χ1) is 10.9. The first-order valence-electron chi connectivity index (χ1n) is 7.02.